The first kappa shape index (κ1) is 24.2. The van der Waals surface area contributed by atoms with Gasteiger partial charge in [-0.25, -0.2) is 0 Å². The average Bonchev–Trinajstić information content (AvgIpc) is 2.80. The van der Waals surface area contributed by atoms with Crippen LogP contribution in [-0.2, 0) is 22.7 Å². The molecule has 0 aromatic heterocycles. The molecule has 4 atom stereocenters. The molecule has 0 heterocycles. The molecule has 0 aliphatic carbocycles. The second-order valence-corrected chi connectivity index (χ2v) is 7.61. The van der Waals surface area contributed by atoms with Crippen LogP contribution in [0.3, 0.4) is 0 Å². The molecule has 0 saturated heterocycles. The molecule has 2 aromatic rings. The Morgan fingerprint density at radius 3 is 1.50 bits per heavy atom. The lowest BCUT2D eigenvalue weighted by Gasteiger charge is -2.34. The van der Waals surface area contributed by atoms with Gasteiger partial charge in [-0.2, -0.15) is 0 Å². The molecule has 1 N–H and O–H groups in total. The highest BCUT2D eigenvalue weighted by Crippen LogP contribution is 2.25. The maximum atomic E-state index is 10.7. The second kappa shape index (κ2) is 12.6. The minimum absolute atomic E-state index is 0.217. The summed E-state index contributed by atoms with van der Waals surface area (Å²) < 4.78 is 23.0. The fourth-order valence-corrected chi connectivity index (χ4v) is 3.30. The van der Waals surface area contributed by atoms with Gasteiger partial charge in [-0.3, -0.25) is 0 Å². The standard InChI is InChI=1S/C25H36O5/c1-6-18(3)24(29-16-19-8-12-21(27-4)13-9-19)25(23(26)7-2)30-17-20-10-14-22(28-5)15-11-20/h8-15,18,23-26H,6-7,16-17H2,1-5H3/t18-,23?,24?,25-/m1/s1. The smallest absolute Gasteiger partial charge is 0.118 e. The molecule has 0 radical (unpaired) electrons. The number of aliphatic hydroxyl groups is 1. The summed E-state index contributed by atoms with van der Waals surface area (Å²) in [6, 6.07) is 15.6. The maximum absolute atomic E-state index is 10.7. The fourth-order valence-electron chi connectivity index (χ4n) is 3.30. The molecule has 0 spiro atoms. The number of aliphatic hydroxyl groups excluding tert-OH is 1. The van der Waals surface area contributed by atoms with Crippen LogP contribution in [0, 0.1) is 5.92 Å². The van der Waals surface area contributed by atoms with E-state index in [4.69, 9.17) is 18.9 Å². The van der Waals surface area contributed by atoms with E-state index < -0.39 is 12.2 Å². The zero-order chi connectivity index (χ0) is 21.9. The van der Waals surface area contributed by atoms with E-state index >= 15 is 0 Å². The summed E-state index contributed by atoms with van der Waals surface area (Å²) in [5.41, 5.74) is 2.09. The van der Waals surface area contributed by atoms with Crippen LogP contribution in [0.2, 0.25) is 0 Å². The topological polar surface area (TPSA) is 57.2 Å². The number of hydrogen-bond acceptors (Lipinski definition) is 5. The van der Waals surface area contributed by atoms with Gasteiger partial charge in [0.05, 0.1) is 39.6 Å². The van der Waals surface area contributed by atoms with Crippen molar-refractivity contribution in [3.63, 3.8) is 0 Å². The van der Waals surface area contributed by atoms with Gasteiger partial charge in [0.15, 0.2) is 0 Å². The molecule has 0 aliphatic heterocycles. The Morgan fingerprint density at radius 2 is 1.13 bits per heavy atom. The lowest BCUT2D eigenvalue weighted by Crippen LogP contribution is -2.44. The Bertz CT molecular complexity index is 650. The Hall–Kier alpha value is -2.08. The molecule has 0 saturated carbocycles. The molecule has 5 nitrogen and oxygen atoms in total. The van der Waals surface area contributed by atoms with Crippen molar-refractivity contribution in [3.8, 4) is 11.5 Å². The van der Waals surface area contributed by atoms with E-state index in [1.54, 1.807) is 14.2 Å². The highest BCUT2D eigenvalue weighted by molar-refractivity contribution is 5.27. The van der Waals surface area contributed by atoms with E-state index in [1.807, 2.05) is 55.5 Å². The first-order valence-electron chi connectivity index (χ1n) is 10.7. The Kier molecular flexibility index (Phi) is 10.1. The summed E-state index contributed by atoms with van der Waals surface area (Å²) in [7, 11) is 3.30. The zero-order valence-electron chi connectivity index (χ0n) is 18.8. The molecule has 0 aliphatic rings. The fraction of sp³-hybridized carbons (Fsp3) is 0.520. The van der Waals surface area contributed by atoms with Crippen LogP contribution in [0.4, 0.5) is 0 Å². The second-order valence-electron chi connectivity index (χ2n) is 7.61. The first-order valence-corrected chi connectivity index (χ1v) is 10.7. The van der Waals surface area contributed by atoms with Crippen molar-refractivity contribution >= 4 is 0 Å². The summed E-state index contributed by atoms with van der Waals surface area (Å²) in [5.74, 6) is 1.87. The van der Waals surface area contributed by atoms with Crippen LogP contribution in [0.1, 0.15) is 44.7 Å². The molecular weight excluding hydrogens is 380 g/mol. The quantitative estimate of drug-likeness (QED) is 0.498. The Labute approximate surface area is 180 Å². The van der Waals surface area contributed by atoms with Crippen molar-refractivity contribution in [3.05, 3.63) is 59.7 Å². The van der Waals surface area contributed by atoms with E-state index in [0.29, 0.717) is 19.6 Å². The average molecular weight is 417 g/mol. The number of ether oxygens (including phenoxy) is 4. The molecule has 30 heavy (non-hydrogen) atoms. The van der Waals surface area contributed by atoms with Gasteiger partial charge in [0.1, 0.15) is 17.6 Å². The summed E-state index contributed by atoms with van der Waals surface area (Å²) >= 11 is 0. The number of hydrogen-bond donors (Lipinski definition) is 1. The molecule has 0 amide bonds. The lowest BCUT2D eigenvalue weighted by atomic mass is 9.92. The van der Waals surface area contributed by atoms with E-state index in [0.717, 1.165) is 29.0 Å². The van der Waals surface area contributed by atoms with Crippen molar-refractivity contribution in [2.24, 2.45) is 5.92 Å². The van der Waals surface area contributed by atoms with Crippen LogP contribution in [0.25, 0.3) is 0 Å². The monoisotopic (exact) mass is 416 g/mol. The van der Waals surface area contributed by atoms with Gasteiger partial charge in [-0.05, 0) is 47.7 Å². The third-order valence-corrected chi connectivity index (χ3v) is 5.53. The van der Waals surface area contributed by atoms with E-state index in [1.165, 1.54) is 0 Å². The molecule has 166 valence electrons. The van der Waals surface area contributed by atoms with Gasteiger partial charge < -0.3 is 24.1 Å². The summed E-state index contributed by atoms with van der Waals surface area (Å²) in [6.45, 7) is 7.10. The van der Waals surface area contributed by atoms with Gasteiger partial charge in [0.2, 0.25) is 0 Å². The van der Waals surface area contributed by atoms with E-state index in [-0.39, 0.29) is 12.0 Å². The lowest BCUT2D eigenvalue weighted by molar-refractivity contribution is -0.149. The number of benzene rings is 2. The van der Waals surface area contributed by atoms with Crippen LogP contribution in [0.5, 0.6) is 11.5 Å². The van der Waals surface area contributed by atoms with Gasteiger partial charge in [0.25, 0.3) is 0 Å². The highest BCUT2D eigenvalue weighted by Gasteiger charge is 2.32. The normalized spacial score (nSPS) is 15.3. The summed E-state index contributed by atoms with van der Waals surface area (Å²) in [4.78, 5) is 0. The molecule has 2 aromatic carbocycles. The third-order valence-electron chi connectivity index (χ3n) is 5.53. The van der Waals surface area contributed by atoms with Gasteiger partial charge in [-0.1, -0.05) is 51.5 Å². The predicted molar refractivity (Wildman–Crippen MR) is 119 cm³/mol. The Morgan fingerprint density at radius 1 is 0.700 bits per heavy atom. The SMILES string of the molecule is CCC(O)[C@@H](OCc1ccc(OC)cc1)C(OCc1ccc(OC)cc1)[C@H](C)CC. The first-order chi connectivity index (χ1) is 14.5. The van der Waals surface area contributed by atoms with Gasteiger partial charge in [-0.15, -0.1) is 0 Å². The largest absolute Gasteiger partial charge is 0.497 e. The summed E-state index contributed by atoms with van der Waals surface area (Å²) in [6.07, 6.45) is 0.312. The van der Waals surface area contributed by atoms with Gasteiger partial charge >= 0.3 is 0 Å². The maximum Gasteiger partial charge on any atom is 0.118 e. The van der Waals surface area contributed by atoms with E-state index in [2.05, 4.69) is 13.8 Å². The van der Waals surface area contributed by atoms with Gasteiger partial charge in [0, 0.05) is 0 Å². The van der Waals surface area contributed by atoms with Crippen molar-refractivity contribution in [2.75, 3.05) is 14.2 Å². The van der Waals surface area contributed by atoms with Crippen LogP contribution in [0.15, 0.2) is 48.5 Å². The third kappa shape index (κ3) is 7.01. The van der Waals surface area contributed by atoms with Crippen molar-refractivity contribution in [2.45, 2.75) is 65.1 Å². The number of rotatable bonds is 13. The van der Waals surface area contributed by atoms with Crippen LogP contribution >= 0.6 is 0 Å². The van der Waals surface area contributed by atoms with Crippen molar-refractivity contribution in [1.82, 2.24) is 0 Å². The zero-order valence-corrected chi connectivity index (χ0v) is 18.8. The minimum atomic E-state index is -0.599. The van der Waals surface area contributed by atoms with Crippen molar-refractivity contribution in [1.29, 1.82) is 0 Å². The number of methoxy groups -OCH3 is 2. The predicted octanol–water partition coefficient (Wildman–Crippen LogP) is 4.99. The molecule has 0 bridgehead atoms. The van der Waals surface area contributed by atoms with Crippen LogP contribution in [-0.4, -0.2) is 37.6 Å². The molecule has 2 unspecified atom stereocenters. The highest BCUT2D eigenvalue weighted by atomic mass is 16.5. The minimum Gasteiger partial charge on any atom is -0.497 e. The van der Waals surface area contributed by atoms with Crippen LogP contribution < -0.4 is 9.47 Å². The van der Waals surface area contributed by atoms with Crippen molar-refractivity contribution < 1.29 is 24.1 Å². The molecule has 0 fully saturated rings. The molecular formula is C25H36O5. The molecule has 5 heteroatoms. The Balaban J connectivity index is 2.10. The summed E-state index contributed by atoms with van der Waals surface area (Å²) in [5, 5.41) is 10.7. The van der Waals surface area contributed by atoms with E-state index in [9.17, 15) is 5.11 Å². The molecule has 2 rings (SSSR count).